The first-order valence-electron chi connectivity index (χ1n) is 5.31. The Hall–Kier alpha value is -0.960. The zero-order valence-electron chi connectivity index (χ0n) is 8.47. The van der Waals surface area contributed by atoms with E-state index in [0.29, 0.717) is 18.4 Å². The van der Waals surface area contributed by atoms with Crippen LogP contribution in [0.15, 0.2) is 12.1 Å². The van der Waals surface area contributed by atoms with Crippen LogP contribution in [0.2, 0.25) is 0 Å². The molecule has 0 heterocycles. The van der Waals surface area contributed by atoms with Crippen molar-refractivity contribution < 1.29 is 13.9 Å². The number of hydrogen-bond acceptors (Lipinski definition) is 1. The van der Waals surface area contributed by atoms with Crippen molar-refractivity contribution >= 4 is 0 Å². The van der Waals surface area contributed by atoms with Gasteiger partial charge in [0.05, 0.1) is 0 Å². The van der Waals surface area contributed by atoms with E-state index in [4.69, 9.17) is 5.11 Å². The molecule has 1 N–H and O–H groups in total. The van der Waals surface area contributed by atoms with Gasteiger partial charge in [-0.15, -0.1) is 0 Å². The fourth-order valence-corrected chi connectivity index (χ4v) is 2.38. The maximum atomic E-state index is 13.5. The highest BCUT2D eigenvalue weighted by Crippen LogP contribution is 2.35. The van der Waals surface area contributed by atoms with Crippen LogP contribution in [0, 0.1) is 11.6 Å². The first kappa shape index (κ1) is 10.6. The second-order valence-electron chi connectivity index (χ2n) is 4.03. The molecule has 1 aromatic carbocycles. The van der Waals surface area contributed by atoms with Crippen LogP contribution in [0.25, 0.3) is 0 Å². The smallest absolute Gasteiger partial charge is 0.162 e. The highest BCUT2D eigenvalue weighted by Gasteiger charge is 2.23. The van der Waals surface area contributed by atoms with Crippen LogP contribution in [0.3, 0.4) is 0 Å². The molecule has 1 aliphatic carbocycles. The monoisotopic (exact) mass is 212 g/mol. The molecule has 1 nitrogen and oxygen atoms in total. The Morgan fingerprint density at radius 2 is 2.13 bits per heavy atom. The lowest BCUT2D eigenvalue weighted by atomic mass is 9.81. The number of fused-ring (bicyclic) bond motifs is 1. The van der Waals surface area contributed by atoms with E-state index in [-0.39, 0.29) is 12.5 Å². The number of halogens is 2. The molecule has 1 atom stereocenters. The second kappa shape index (κ2) is 4.27. The summed E-state index contributed by atoms with van der Waals surface area (Å²) < 4.78 is 26.5. The summed E-state index contributed by atoms with van der Waals surface area (Å²) in [6.45, 7) is 0.100. The lowest BCUT2D eigenvalue weighted by Gasteiger charge is -2.25. The molecule has 1 unspecified atom stereocenters. The summed E-state index contributed by atoms with van der Waals surface area (Å²) in [7, 11) is 0. The Morgan fingerprint density at radius 1 is 1.33 bits per heavy atom. The molecule has 0 bridgehead atoms. The van der Waals surface area contributed by atoms with Gasteiger partial charge in [0.15, 0.2) is 11.6 Å². The second-order valence-corrected chi connectivity index (χ2v) is 4.03. The average molecular weight is 212 g/mol. The summed E-state index contributed by atoms with van der Waals surface area (Å²) in [5.41, 5.74) is 1.40. The van der Waals surface area contributed by atoms with E-state index in [1.165, 1.54) is 6.07 Å². The van der Waals surface area contributed by atoms with E-state index in [0.717, 1.165) is 18.4 Å². The molecule has 0 radical (unpaired) electrons. The van der Waals surface area contributed by atoms with Gasteiger partial charge in [0.2, 0.25) is 0 Å². The molecular formula is C12H14F2O. The van der Waals surface area contributed by atoms with Crippen molar-refractivity contribution in [3.63, 3.8) is 0 Å². The summed E-state index contributed by atoms with van der Waals surface area (Å²) >= 11 is 0. The molecule has 15 heavy (non-hydrogen) atoms. The SMILES string of the molecule is OCCC1CCCc2c1ccc(F)c2F. The van der Waals surface area contributed by atoms with Gasteiger partial charge in [0, 0.05) is 6.61 Å². The van der Waals surface area contributed by atoms with Gasteiger partial charge in [-0.2, -0.15) is 0 Å². The van der Waals surface area contributed by atoms with Crippen LogP contribution in [0.5, 0.6) is 0 Å². The van der Waals surface area contributed by atoms with Gasteiger partial charge in [-0.1, -0.05) is 6.07 Å². The van der Waals surface area contributed by atoms with Gasteiger partial charge in [-0.25, -0.2) is 8.78 Å². The van der Waals surface area contributed by atoms with Crippen LogP contribution in [0.1, 0.15) is 36.3 Å². The fraction of sp³-hybridized carbons (Fsp3) is 0.500. The van der Waals surface area contributed by atoms with Crippen LogP contribution < -0.4 is 0 Å². The molecule has 82 valence electrons. The molecule has 0 aromatic heterocycles. The molecule has 0 fully saturated rings. The standard InChI is InChI=1S/C12H14F2O/c13-11-5-4-9-8(6-7-15)2-1-3-10(9)12(11)14/h4-5,8,15H,1-3,6-7H2. The normalized spacial score (nSPS) is 20.1. The first-order valence-corrected chi connectivity index (χ1v) is 5.31. The maximum Gasteiger partial charge on any atom is 0.162 e. The predicted octanol–water partition coefficient (Wildman–Crippen LogP) is 2.77. The Bertz CT molecular complexity index is 363. The third-order valence-electron chi connectivity index (χ3n) is 3.13. The van der Waals surface area contributed by atoms with E-state index in [9.17, 15) is 8.78 Å². The number of hydrogen-bond donors (Lipinski definition) is 1. The van der Waals surface area contributed by atoms with Crippen molar-refractivity contribution in [2.75, 3.05) is 6.61 Å². The van der Waals surface area contributed by atoms with E-state index >= 15 is 0 Å². The zero-order chi connectivity index (χ0) is 10.8. The van der Waals surface area contributed by atoms with Crippen molar-refractivity contribution in [1.82, 2.24) is 0 Å². The Morgan fingerprint density at radius 3 is 2.87 bits per heavy atom. The van der Waals surface area contributed by atoms with Crippen molar-refractivity contribution in [2.45, 2.75) is 31.6 Å². The van der Waals surface area contributed by atoms with Gasteiger partial charge in [-0.05, 0) is 48.8 Å². The third kappa shape index (κ3) is 1.88. The van der Waals surface area contributed by atoms with E-state index in [2.05, 4.69) is 0 Å². The summed E-state index contributed by atoms with van der Waals surface area (Å²) in [5, 5.41) is 8.90. The topological polar surface area (TPSA) is 20.2 Å². The van der Waals surface area contributed by atoms with Crippen LogP contribution in [-0.2, 0) is 6.42 Å². The Labute approximate surface area is 87.7 Å². The molecule has 2 rings (SSSR count). The molecule has 1 aliphatic rings. The van der Waals surface area contributed by atoms with E-state index in [1.807, 2.05) is 0 Å². The highest BCUT2D eigenvalue weighted by molar-refractivity contribution is 5.34. The minimum atomic E-state index is -0.765. The van der Waals surface area contributed by atoms with Gasteiger partial charge in [0.25, 0.3) is 0 Å². The molecule has 0 amide bonds. The van der Waals surface area contributed by atoms with Gasteiger partial charge in [-0.3, -0.25) is 0 Å². The number of aliphatic hydroxyl groups is 1. The Kier molecular flexibility index (Phi) is 3.00. The van der Waals surface area contributed by atoms with Crippen LogP contribution >= 0.6 is 0 Å². The van der Waals surface area contributed by atoms with Crippen molar-refractivity contribution in [3.8, 4) is 0 Å². The summed E-state index contributed by atoms with van der Waals surface area (Å²) in [6, 6.07) is 2.84. The molecule has 0 saturated heterocycles. The largest absolute Gasteiger partial charge is 0.396 e. The summed E-state index contributed by atoms with van der Waals surface area (Å²) in [5.74, 6) is -1.28. The Balaban J connectivity index is 2.40. The van der Waals surface area contributed by atoms with E-state index < -0.39 is 11.6 Å². The lowest BCUT2D eigenvalue weighted by molar-refractivity contribution is 0.269. The maximum absolute atomic E-state index is 13.5. The summed E-state index contributed by atoms with van der Waals surface area (Å²) in [4.78, 5) is 0. The third-order valence-corrected chi connectivity index (χ3v) is 3.13. The van der Waals surface area contributed by atoms with Crippen molar-refractivity contribution in [2.24, 2.45) is 0 Å². The van der Waals surface area contributed by atoms with Gasteiger partial charge >= 0.3 is 0 Å². The summed E-state index contributed by atoms with van der Waals surface area (Å²) in [6.07, 6.45) is 3.08. The predicted molar refractivity (Wildman–Crippen MR) is 53.7 cm³/mol. The van der Waals surface area contributed by atoms with Crippen LogP contribution in [-0.4, -0.2) is 11.7 Å². The number of aliphatic hydroxyl groups excluding tert-OH is 1. The quantitative estimate of drug-likeness (QED) is 0.799. The van der Waals surface area contributed by atoms with Gasteiger partial charge in [0.1, 0.15) is 0 Å². The van der Waals surface area contributed by atoms with Gasteiger partial charge < -0.3 is 5.11 Å². The van der Waals surface area contributed by atoms with Crippen LogP contribution in [0.4, 0.5) is 8.78 Å². The highest BCUT2D eigenvalue weighted by atomic mass is 19.2. The molecular weight excluding hydrogens is 198 g/mol. The van der Waals surface area contributed by atoms with E-state index in [1.54, 1.807) is 6.07 Å². The minimum Gasteiger partial charge on any atom is -0.396 e. The number of rotatable bonds is 2. The molecule has 0 saturated carbocycles. The van der Waals surface area contributed by atoms with Crippen molar-refractivity contribution in [1.29, 1.82) is 0 Å². The molecule has 0 spiro atoms. The average Bonchev–Trinajstić information content (AvgIpc) is 2.25. The minimum absolute atomic E-state index is 0.100. The molecule has 1 aromatic rings. The van der Waals surface area contributed by atoms with Crippen molar-refractivity contribution in [3.05, 3.63) is 34.9 Å². The molecule has 0 aliphatic heterocycles. The number of benzene rings is 1. The fourth-order valence-electron chi connectivity index (χ4n) is 2.38. The molecule has 3 heteroatoms. The lowest BCUT2D eigenvalue weighted by Crippen LogP contribution is -2.13. The zero-order valence-corrected chi connectivity index (χ0v) is 8.47. The first-order chi connectivity index (χ1) is 7.24.